The van der Waals surface area contributed by atoms with Crippen LogP contribution in [0, 0.1) is 0 Å². The summed E-state index contributed by atoms with van der Waals surface area (Å²) in [7, 11) is 0. The molecule has 0 fully saturated rings. The van der Waals surface area contributed by atoms with Gasteiger partial charge in [-0.2, -0.15) is 0 Å². The quantitative estimate of drug-likeness (QED) is 0.272. The normalized spacial score (nSPS) is 11.2. The van der Waals surface area contributed by atoms with Crippen LogP contribution in [0.3, 0.4) is 0 Å². The number of unbranched alkanes of at least 4 members (excludes halogenated alkanes) is 9. The molecule has 2 aromatic carbocycles. The molecule has 3 rings (SSSR count). The maximum atomic E-state index is 5.91. The van der Waals surface area contributed by atoms with Crippen molar-refractivity contribution in [2.75, 3.05) is 6.61 Å². The standard InChI is InChI=1S/C25H33NOS/c1-2-3-4-5-6-7-8-9-10-13-20-27-22-18-16-21(17-19-22)25-26-23-14-11-12-15-24(23)28-25/h11-12,14-19H,2-10,13,20H2,1H3. The fourth-order valence-electron chi connectivity index (χ4n) is 3.47. The van der Waals surface area contributed by atoms with Crippen LogP contribution in [0.15, 0.2) is 48.5 Å². The van der Waals surface area contributed by atoms with Gasteiger partial charge in [-0.25, -0.2) is 4.98 Å². The average Bonchev–Trinajstić information content (AvgIpc) is 3.17. The molecule has 0 saturated carbocycles. The molecule has 3 heteroatoms. The van der Waals surface area contributed by atoms with Crippen LogP contribution in [-0.4, -0.2) is 11.6 Å². The van der Waals surface area contributed by atoms with Gasteiger partial charge in [-0.15, -0.1) is 11.3 Å². The Morgan fingerprint density at radius 3 is 2.07 bits per heavy atom. The van der Waals surface area contributed by atoms with Gasteiger partial charge in [0.1, 0.15) is 10.8 Å². The smallest absolute Gasteiger partial charge is 0.124 e. The maximum absolute atomic E-state index is 5.91. The number of thiazole rings is 1. The predicted molar refractivity (Wildman–Crippen MR) is 122 cm³/mol. The summed E-state index contributed by atoms with van der Waals surface area (Å²) in [5.41, 5.74) is 2.23. The van der Waals surface area contributed by atoms with Crippen LogP contribution >= 0.6 is 11.3 Å². The molecule has 0 aliphatic rings. The van der Waals surface area contributed by atoms with Crippen molar-refractivity contribution < 1.29 is 4.74 Å². The van der Waals surface area contributed by atoms with E-state index in [0.717, 1.165) is 34.9 Å². The number of aromatic nitrogens is 1. The van der Waals surface area contributed by atoms with Crippen molar-refractivity contribution in [2.45, 2.75) is 71.1 Å². The van der Waals surface area contributed by atoms with E-state index in [1.54, 1.807) is 11.3 Å². The molecule has 28 heavy (non-hydrogen) atoms. The molecule has 1 aromatic heterocycles. The maximum Gasteiger partial charge on any atom is 0.124 e. The van der Waals surface area contributed by atoms with Crippen molar-refractivity contribution >= 4 is 21.6 Å². The van der Waals surface area contributed by atoms with Gasteiger partial charge < -0.3 is 4.74 Å². The van der Waals surface area contributed by atoms with E-state index in [4.69, 9.17) is 9.72 Å². The third-order valence-corrected chi connectivity index (χ3v) is 6.25. The zero-order valence-corrected chi connectivity index (χ0v) is 18.0. The van der Waals surface area contributed by atoms with E-state index in [-0.39, 0.29) is 0 Å². The van der Waals surface area contributed by atoms with E-state index in [1.165, 1.54) is 62.5 Å². The minimum Gasteiger partial charge on any atom is -0.494 e. The van der Waals surface area contributed by atoms with Gasteiger partial charge in [0.25, 0.3) is 0 Å². The number of rotatable bonds is 13. The molecule has 1 heterocycles. The molecule has 0 aliphatic heterocycles. The molecule has 0 unspecified atom stereocenters. The van der Waals surface area contributed by atoms with Crippen molar-refractivity contribution in [1.29, 1.82) is 0 Å². The topological polar surface area (TPSA) is 22.1 Å². The highest BCUT2D eigenvalue weighted by atomic mass is 32.1. The van der Waals surface area contributed by atoms with Gasteiger partial charge in [-0.3, -0.25) is 0 Å². The minimum atomic E-state index is 0.816. The first kappa shape index (κ1) is 20.9. The highest BCUT2D eigenvalue weighted by Gasteiger charge is 2.06. The first-order valence-corrected chi connectivity index (χ1v) is 11.8. The summed E-state index contributed by atoms with van der Waals surface area (Å²) in [5, 5.41) is 1.07. The molecular formula is C25H33NOS. The summed E-state index contributed by atoms with van der Waals surface area (Å²) in [6.07, 6.45) is 13.5. The molecule has 0 N–H and O–H groups in total. The van der Waals surface area contributed by atoms with E-state index in [2.05, 4.69) is 49.4 Å². The second-order valence-electron chi connectivity index (χ2n) is 7.54. The third-order valence-electron chi connectivity index (χ3n) is 5.16. The third kappa shape index (κ3) is 6.63. The van der Waals surface area contributed by atoms with Crippen molar-refractivity contribution in [3.05, 3.63) is 48.5 Å². The summed E-state index contributed by atoms with van der Waals surface area (Å²) in [6, 6.07) is 16.7. The Morgan fingerprint density at radius 1 is 0.750 bits per heavy atom. The molecule has 0 amide bonds. The number of fused-ring (bicyclic) bond motifs is 1. The van der Waals surface area contributed by atoms with Crippen molar-refractivity contribution in [1.82, 2.24) is 4.98 Å². The van der Waals surface area contributed by atoms with E-state index in [1.807, 2.05) is 6.07 Å². The SMILES string of the molecule is CCCCCCCCCCCCOc1ccc(-c2nc3ccccc3s2)cc1. The number of para-hydroxylation sites is 1. The summed E-state index contributed by atoms with van der Waals surface area (Å²) in [4.78, 5) is 4.72. The molecular weight excluding hydrogens is 362 g/mol. The monoisotopic (exact) mass is 395 g/mol. The lowest BCUT2D eigenvalue weighted by molar-refractivity contribution is 0.304. The Kier molecular flexibility index (Phi) is 8.83. The fraction of sp³-hybridized carbons (Fsp3) is 0.480. The number of nitrogens with zero attached hydrogens (tertiary/aromatic N) is 1. The van der Waals surface area contributed by atoms with Gasteiger partial charge in [-0.05, 0) is 42.8 Å². The van der Waals surface area contributed by atoms with Gasteiger partial charge in [0, 0.05) is 5.56 Å². The molecule has 150 valence electrons. The molecule has 0 spiro atoms. The second-order valence-corrected chi connectivity index (χ2v) is 8.57. The highest BCUT2D eigenvalue weighted by molar-refractivity contribution is 7.21. The first-order valence-electron chi connectivity index (χ1n) is 11.0. The summed E-state index contributed by atoms with van der Waals surface area (Å²) >= 11 is 1.74. The molecule has 0 radical (unpaired) electrons. The Bertz CT molecular complexity index is 776. The van der Waals surface area contributed by atoms with Gasteiger partial charge in [-0.1, -0.05) is 76.8 Å². The first-order chi connectivity index (χ1) is 13.9. The molecule has 0 bridgehead atoms. The van der Waals surface area contributed by atoms with E-state index >= 15 is 0 Å². The summed E-state index contributed by atoms with van der Waals surface area (Å²) < 4.78 is 7.15. The molecule has 3 aromatic rings. The number of hydrogen-bond acceptors (Lipinski definition) is 3. The molecule has 2 nitrogen and oxygen atoms in total. The zero-order valence-electron chi connectivity index (χ0n) is 17.2. The second kappa shape index (κ2) is 11.9. The van der Waals surface area contributed by atoms with Crippen molar-refractivity contribution in [3.8, 4) is 16.3 Å². The van der Waals surface area contributed by atoms with E-state index < -0.39 is 0 Å². The number of ether oxygens (including phenoxy) is 1. The van der Waals surface area contributed by atoms with Crippen LogP contribution in [0.2, 0.25) is 0 Å². The van der Waals surface area contributed by atoms with E-state index in [0.29, 0.717) is 0 Å². The van der Waals surface area contributed by atoms with Crippen molar-refractivity contribution in [2.24, 2.45) is 0 Å². The van der Waals surface area contributed by atoms with Crippen LogP contribution in [0.25, 0.3) is 20.8 Å². The fourth-order valence-corrected chi connectivity index (χ4v) is 4.44. The number of benzene rings is 2. The van der Waals surface area contributed by atoms with Crippen LogP contribution in [-0.2, 0) is 0 Å². The molecule has 0 saturated heterocycles. The van der Waals surface area contributed by atoms with Gasteiger partial charge >= 0.3 is 0 Å². The molecule has 0 aliphatic carbocycles. The average molecular weight is 396 g/mol. The number of hydrogen-bond donors (Lipinski definition) is 0. The van der Waals surface area contributed by atoms with Crippen LogP contribution in [0.5, 0.6) is 5.75 Å². The summed E-state index contributed by atoms with van der Waals surface area (Å²) in [6.45, 7) is 3.09. The van der Waals surface area contributed by atoms with Gasteiger partial charge in [0.2, 0.25) is 0 Å². The van der Waals surface area contributed by atoms with Crippen LogP contribution in [0.1, 0.15) is 71.1 Å². The Morgan fingerprint density at radius 2 is 1.39 bits per heavy atom. The van der Waals surface area contributed by atoms with Crippen LogP contribution < -0.4 is 4.74 Å². The largest absolute Gasteiger partial charge is 0.494 e. The van der Waals surface area contributed by atoms with E-state index in [9.17, 15) is 0 Å². The van der Waals surface area contributed by atoms with Crippen molar-refractivity contribution in [3.63, 3.8) is 0 Å². The minimum absolute atomic E-state index is 0.816. The van der Waals surface area contributed by atoms with Gasteiger partial charge in [0.15, 0.2) is 0 Å². The Labute approximate surface area is 174 Å². The zero-order chi connectivity index (χ0) is 19.4. The summed E-state index contributed by atoms with van der Waals surface area (Å²) in [5.74, 6) is 0.959. The lowest BCUT2D eigenvalue weighted by Crippen LogP contribution is -1.97. The lowest BCUT2D eigenvalue weighted by atomic mass is 10.1. The van der Waals surface area contributed by atoms with Crippen LogP contribution in [0.4, 0.5) is 0 Å². The highest BCUT2D eigenvalue weighted by Crippen LogP contribution is 2.30. The van der Waals surface area contributed by atoms with Gasteiger partial charge in [0.05, 0.1) is 16.8 Å². The molecule has 0 atom stereocenters. The Hall–Kier alpha value is -1.87. The lowest BCUT2D eigenvalue weighted by Gasteiger charge is -2.07. The Balaban J connectivity index is 1.31. The predicted octanol–water partition coefficient (Wildman–Crippen LogP) is 8.26.